The minimum atomic E-state index is -0.380. The Morgan fingerprint density at radius 2 is 2.14 bits per heavy atom. The Bertz CT molecular complexity index is 747. The van der Waals surface area contributed by atoms with Gasteiger partial charge in [-0.05, 0) is 12.1 Å². The molecule has 0 aliphatic carbocycles. The van der Waals surface area contributed by atoms with Gasteiger partial charge in [-0.3, -0.25) is 10.00 Å². The fraction of sp³-hybridized carbons (Fsp3) is 0.0769. The van der Waals surface area contributed by atoms with Crippen molar-refractivity contribution < 1.29 is 4.79 Å². The van der Waals surface area contributed by atoms with Gasteiger partial charge >= 0.3 is 6.03 Å². The molecule has 0 saturated heterocycles. The first kappa shape index (κ1) is 12.9. The van der Waals surface area contributed by atoms with Crippen molar-refractivity contribution in [2.24, 2.45) is 7.05 Å². The third kappa shape index (κ3) is 3.06. The van der Waals surface area contributed by atoms with Gasteiger partial charge in [0.2, 0.25) is 0 Å². The van der Waals surface area contributed by atoms with Crippen LogP contribution in [0.1, 0.15) is 0 Å². The van der Waals surface area contributed by atoms with Crippen molar-refractivity contribution in [1.29, 1.82) is 0 Å². The summed E-state index contributed by atoms with van der Waals surface area (Å²) in [6, 6.07) is 6.84. The fourth-order valence-electron chi connectivity index (χ4n) is 1.76. The van der Waals surface area contributed by atoms with Crippen LogP contribution in [0.15, 0.2) is 49.1 Å². The lowest BCUT2D eigenvalue weighted by atomic mass is 10.5. The van der Waals surface area contributed by atoms with E-state index in [0.717, 1.165) is 0 Å². The molecule has 8 nitrogen and oxygen atoms in total. The molecule has 3 heterocycles. The fourth-order valence-corrected chi connectivity index (χ4v) is 1.76. The van der Waals surface area contributed by atoms with Crippen molar-refractivity contribution in [3.8, 4) is 5.82 Å². The zero-order valence-electron chi connectivity index (χ0n) is 11.3. The molecule has 2 amide bonds. The molecule has 21 heavy (non-hydrogen) atoms. The number of pyridine rings is 1. The molecule has 0 unspecified atom stereocenters. The van der Waals surface area contributed by atoms with Crippen LogP contribution in [-0.2, 0) is 7.05 Å². The molecule has 0 aromatic carbocycles. The van der Waals surface area contributed by atoms with E-state index in [9.17, 15) is 4.79 Å². The average molecular weight is 283 g/mol. The number of hydrogen-bond donors (Lipinski definition) is 2. The highest BCUT2D eigenvalue weighted by Gasteiger charge is 2.07. The van der Waals surface area contributed by atoms with Crippen molar-refractivity contribution >= 4 is 17.5 Å². The number of carbonyl (C=O) groups is 1. The van der Waals surface area contributed by atoms with Crippen LogP contribution in [0.3, 0.4) is 0 Å². The Hall–Kier alpha value is -3.16. The van der Waals surface area contributed by atoms with E-state index in [0.29, 0.717) is 17.3 Å². The lowest BCUT2D eigenvalue weighted by Gasteiger charge is -2.02. The van der Waals surface area contributed by atoms with Gasteiger partial charge in [0.15, 0.2) is 11.6 Å². The Morgan fingerprint density at radius 1 is 1.24 bits per heavy atom. The molecule has 0 aliphatic rings. The highest BCUT2D eigenvalue weighted by Crippen LogP contribution is 2.10. The van der Waals surface area contributed by atoms with Crippen LogP contribution in [0.25, 0.3) is 5.82 Å². The van der Waals surface area contributed by atoms with Gasteiger partial charge in [0.25, 0.3) is 0 Å². The van der Waals surface area contributed by atoms with Crippen molar-refractivity contribution in [2.75, 3.05) is 10.6 Å². The summed E-state index contributed by atoms with van der Waals surface area (Å²) < 4.78 is 3.19. The number of amides is 2. The lowest BCUT2D eigenvalue weighted by Crippen LogP contribution is -2.19. The number of carbonyl (C=O) groups excluding carboxylic acids is 1. The van der Waals surface area contributed by atoms with E-state index in [2.05, 4.69) is 25.8 Å². The number of urea groups is 1. The second-order valence-corrected chi connectivity index (χ2v) is 4.32. The minimum absolute atomic E-state index is 0.380. The number of aryl methyl sites for hydroxylation is 1. The van der Waals surface area contributed by atoms with Gasteiger partial charge in [-0.2, -0.15) is 10.2 Å². The third-order valence-corrected chi connectivity index (χ3v) is 2.68. The van der Waals surface area contributed by atoms with E-state index in [1.54, 1.807) is 47.3 Å². The molecule has 0 atom stereocenters. The molecule has 0 aliphatic heterocycles. The van der Waals surface area contributed by atoms with E-state index >= 15 is 0 Å². The molecule has 0 fully saturated rings. The largest absolute Gasteiger partial charge is 0.324 e. The van der Waals surface area contributed by atoms with Gasteiger partial charge in [-0.25, -0.2) is 14.5 Å². The number of nitrogens with zero attached hydrogens (tertiary/aromatic N) is 5. The maximum absolute atomic E-state index is 11.8. The second-order valence-electron chi connectivity index (χ2n) is 4.32. The number of anilines is 2. The van der Waals surface area contributed by atoms with Crippen LogP contribution in [0.2, 0.25) is 0 Å². The predicted octanol–water partition coefficient (Wildman–Crippen LogP) is 1.64. The quantitative estimate of drug-likeness (QED) is 0.764. The summed E-state index contributed by atoms with van der Waals surface area (Å²) in [5.74, 6) is 1.16. The topological polar surface area (TPSA) is 89.7 Å². The maximum Gasteiger partial charge on any atom is 0.324 e. The van der Waals surface area contributed by atoms with Crippen LogP contribution >= 0.6 is 0 Å². The first-order valence-corrected chi connectivity index (χ1v) is 6.24. The van der Waals surface area contributed by atoms with Crippen LogP contribution in [-0.4, -0.2) is 30.6 Å². The highest BCUT2D eigenvalue weighted by molar-refractivity contribution is 5.98. The smallest absolute Gasteiger partial charge is 0.305 e. The van der Waals surface area contributed by atoms with Crippen molar-refractivity contribution in [1.82, 2.24) is 24.5 Å². The van der Waals surface area contributed by atoms with E-state index in [1.807, 2.05) is 18.2 Å². The normalized spacial score (nSPS) is 10.3. The van der Waals surface area contributed by atoms with Gasteiger partial charge in [0, 0.05) is 25.5 Å². The predicted molar refractivity (Wildman–Crippen MR) is 77.2 cm³/mol. The van der Waals surface area contributed by atoms with Gasteiger partial charge in [0.05, 0.1) is 18.1 Å². The van der Waals surface area contributed by atoms with Crippen molar-refractivity contribution in [3.63, 3.8) is 0 Å². The van der Waals surface area contributed by atoms with E-state index in [1.165, 1.54) is 0 Å². The highest BCUT2D eigenvalue weighted by atomic mass is 16.2. The molecule has 0 saturated carbocycles. The second kappa shape index (κ2) is 5.45. The van der Waals surface area contributed by atoms with Crippen LogP contribution < -0.4 is 10.6 Å². The summed E-state index contributed by atoms with van der Waals surface area (Å²) in [6.45, 7) is 0. The number of aromatic nitrogens is 5. The van der Waals surface area contributed by atoms with Crippen LogP contribution in [0.4, 0.5) is 16.3 Å². The van der Waals surface area contributed by atoms with Crippen molar-refractivity contribution in [3.05, 3.63) is 49.1 Å². The molecule has 3 aromatic rings. The first-order valence-electron chi connectivity index (χ1n) is 6.24. The third-order valence-electron chi connectivity index (χ3n) is 2.68. The Morgan fingerprint density at radius 3 is 2.86 bits per heavy atom. The number of hydrogen-bond acceptors (Lipinski definition) is 4. The summed E-state index contributed by atoms with van der Waals surface area (Å²) >= 11 is 0. The molecule has 2 N–H and O–H groups in total. The molecule has 3 aromatic heterocycles. The molecule has 0 spiro atoms. The Labute approximate surface area is 120 Å². The standard InChI is InChI=1S/C13H13N7O/c1-19-7-5-11(18-19)17-13(21)16-10-8-15-20(9-10)12-4-2-3-6-14-12/h2-9H,1H3,(H2,16,17,18,21). The molecule has 106 valence electrons. The maximum atomic E-state index is 11.8. The molecular weight excluding hydrogens is 270 g/mol. The summed E-state index contributed by atoms with van der Waals surface area (Å²) in [5, 5.41) is 13.5. The van der Waals surface area contributed by atoms with E-state index < -0.39 is 0 Å². The summed E-state index contributed by atoms with van der Waals surface area (Å²) in [6.07, 6.45) is 6.65. The first-order chi connectivity index (χ1) is 10.2. The minimum Gasteiger partial charge on any atom is -0.305 e. The molecule has 0 bridgehead atoms. The van der Waals surface area contributed by atoms with Crippen LogP contribution in [0.5, 0.6) is 0 Å². The Balaban J connectivity index is 1.66. The zero-order valence-corrected chi connectivity index (χ0v) is 11.3. The van der Waals surface area contributed by atoms with Gasteiger partial charge in [-0.1, -0.05) is 6.07 Å². The SMILES string of the molecule is Cn1ccc(NC(=O)Nc2cnn(-c3ccccn3)c2)n1. The van der Waals surface area contributed by atoms with Crippen LogP contribution in [0, 0.1) is 0 Å². The molecule has 0 radical (unpaired) electrons. The average Bonchev–Trinajstić information content (AvgIpc) is 3.09. The number of nitrogens with one attached hydrogen (secondary N) is 2. The summed E-state index contributed by atoms with van der Waals surface area (Å²) in [4.78, 5) is 16.0. The van der Waals surface area contributed by atoms with E-state index in [4.69, 9.17) is 0 Å². The van der Waals surface area contributed by atoms with Gasteiger partial charge in [0.1, 0.15) is 0 Å². The lowest BCUT2D eigenvalue weighted by molar-refractivity contribution is 0.262. The summed E-state index contributed by atoms with van der Waals surface area (Å²) in [7, 11) is 1.78. The van der Waals surface area contributed by atoms with Gasteiger partial charge < -0.3 is 5.32 Å². The summed E-state index contributed by atoms with van der Waals surface area (Å²) in [5.41, 5.74) is 0.564. The zero-order chi connectivity index (χ0) is 14.7. The molecule has 8 heteroatoms. The molecular formula is C13H13N7O. The monoisotopic (exact) mass is 283 g/mol. The Kier molecular flexibility index (Phi) is 3.34. The van der Waals surface area contributed by atoms with E-state index in [-0.39, 0.29) is 6.03 Å². The van der Waals surface area contributed by atoms with Crippen molar-refractivity contribution in [2.45, 2.75) is 0 Å². The molecule has 3 rings (SSSR count). The van der Waals surface area contributed by atoms with Gasteiger partial charge in [-0.15, -0.1) is 0 Å². The number of rotatable bonds is 3.